The van der Waals surface area contributed by atoms with Crippen molar-refractivity contribution in [1.82, 2.24) is 0 Å². The van der Waals surface area contributed by atoms with Crippen LogP contribution in [0.15, 0.2) is 48.5 Å². The number of ether oxygens (including phenoxy) is 3. The van der Waals surface area contributed by atoms with Crippen molar-refractivity contribution in [1.29, 1.82) is 0 Å². The average molecular weight is 301 g/mol. The van der Waals surface area contributed by atoms with Gasteiger partial charge >= 0.3 is 6.09 Å². The first-order valence-electron chi connectivity index (χ1n) is 6.89. The van der Waals surface area contributed by atoms with E-state index in [4.69, 9.17) is 14.2 Å². The standard InChI is InChI=1S/C17H19NO4/c1-13-10-15(22-12-20-2)8-9-16(13)18-17(19)21-11-14-6-4-3-5-7-14/h3-10H,11-12H2,1-2H3,(H,18,19). The molecule has 0 spiro atoms. The number of carbonyl (C=O) groups excluding carboxylic acids is 1. The molecular formula is C17H19NO4. The molecule has 0 radical (unpaired) electrons. The largest absolute Gasteiger partial charge is 0.468 e. The quantitative estimate of drug-likeness (QED) is 0.826. The highest BCUT2D eigenvalue weighted by molar-refractivity contribution is 5.85. The molecule has 1 amide bonds. The Hall–Kier alpha value is -2.53. The first-order valence-corrected chi connectivity index (χ1v) is 6.89. The van der Waals surface area contributed by atoms with Crippen LogP contribution in [-0.4, -0.2) is 20.0 Å². The molecule has 5 nitrogen and oxygen atoms in total. The summed E-state index contributed by atoms with van der Waals surface area (Å²) in [4.78, 5) is 11.8. The van der Waals surface area contributed by atoms with Gasteiger partial charge in [-0.1, -0.05) is 30.3 Å². The van der Waals surface area contributed by atoms with Gasteiger partial charge in [-0.15, -0.1) is 0 Å². The van der Waals surface area contributed by atoms with E-state index in [0.717, 1.165) is 11.1 Å². The molecule has 0 bridgehead atoms. The van der Waals surface area contributed by atoms with Crippen molar-refractivity contribution in [3.05, 3.63) is 59.7 Å². The summed E-state index contributed by atoms with van der Waals surface area (Å²) >= 11 is 0. The van der Waals surface area contributed by atoms with E-state index in [1.54, 1.807) is 19.2 Å². The molecule has 0 atom stereocenters. The summed E-state index contributed by atoms with van der Waals surface area (Å²) in [5.41, 5.74) is 2.51. The predicted molar refractivity (Wildman–Crippen MR) is 83.9 cm³/mol. The Bertz CT molecular complexity index is 613. The lowest BCUT2D eigenvalue weighted by Gasteiger charge is -2.11. The number of nitrogens with one attached hydrogen (secondary N) is 1. The second-order valence-electron chi connectivity index (χ2n) is 4.71. The molecular weight excluding hydrogens is 282 g/mol. The molecule has 0 aliphatic heterocycles. The van der Waals surface area contributed by atoms with Gasteiger partial charge < -0.3 is 14.2 Å². The third kappa shape index (κ3) is 4.79. The number of benzene rings is 2. The molecule has 2 rings (SSSR count). The molecule has 22 heavy (non-hydrogen) atoms. The van der Waals surface area contributed by atoms with Crippen molar-refractivity contribution in [3.63, 3.8) is 0 Å². The molecule has 2 aromatic carbocycles. The van der Waals surface area contributed by atoms with E-state index in [1.165, 1.54) is 0 Å². The van der Waals surface area contributed by atoms with Crippen LogP contribution in [0.2, 0.25) is 0 Å². The van der Waals surface area contributed by atoms with E-state index in [2.05, 4.69) is 5.32 Å². The average Bonchev–Trinajstić information content (AvgIpc) is 2.54. The van der Waals surface area contributed by atoms with Gasteiger partial charge in [0.25, 0.3) is 0 Å². The van der Waals surface area contributed by atoms with Crippen molar-refractivity contribution < 1.29 is 19.0 Å². The Morgan fingerprint density at radius 2 is 1.91 bits per heavy atom. The number of hydrogen-bond donors (Lipinski definition) is 1. The Morgan fingerprint density at radius 1 is 1.14 bits per heavy atom. The minimum atomic E-state index is -0.488. The Morgan fingerprint density at radius 3 is 2.59 bits per heavy atom. The first kappa shape index (κ1) is 15.9. The molecule has 0 aromatic heterocycles. The maximum Gasteiger partial charge on any atom is 0.411 e. The molecule has 5 heteroatoms. The summed E-state index contributed by atoms with van der Waals surface area (Å²) in [7, 11) is 1.56. The molecule has 0 heterocycles. The van der Waals surface area contributed by atoms with Gasteiger partial charge in [-0.3, -0.25) is 5.32 Å². The molecule has 1 N–H and O–H groups in total. The van der Waals surface area contributed by atoms with Crippen molar-refractivity contribution in [2.45, 2.75) is 13.5 Å². The first-order chi connectivity index (χ1) is 10.7. The summed E-state index contributed by atoms with van der Waals surface area (Å²) < 4.78 is 15.4. The zero-order valence-electron chi connectivity index (χ0n) is 12.7. The summed E-state index contributed by atoms with van der Waals surface area (Å²) in [6, 6.07) is 14.9. The maximum atomic E-state index is 11.8. The molecule has 0 aliphatic rings. The zero-order chi connectivity index (χ0) is 15.8. The minimum Gasteiger partial charge on any atom is -0.468 e. The van der Waals surface area contributed by atoms with Crippen molar-refractivity contribution >= 4 is 11.8 Å². The molecule has 0 unspecified atom stereocenters. The van der Waals surface area contributed by atoms with Crippen LogP contribution in [0.3, 0.4) is 0 Å². The van der Waals surface area contributed by atoms with Gasteiger partial charge in [0.1, 0.15) is 12.4 Å². The number of amides is 1. The van der Waals surface area contributed by atoms with E-state index in [1.807, 2.05) is 43.3 Å². The SMILES string of the molecule is COCOc1ccc(NC(=O)OCc2ccccc2)c(C)c1. The fourth-order valence-corrected chi connectivity index (χ4v) is 1.86. The van der Waals surface area contributed by atoms with Crippen LogP contribution in [-0.2, 0) is 16.1 Å². The van der Waals surface area contributed by atoms with E-state index < -0.39 is 6.09 Å². The fourth-order valence-electron chi connectivity index (χ4n) is 1.86. The number of anilines is 1. The number of methoxy groups -OCH3 is 1. The number of aryl methyl sites for hydroxylation is 1. The lowest BCUT2D eigenvalue weighted by molar-refractivity contribution is 0.0511. The smallest absolute Gasteiger partial charge is 0.411 e. The van der Waals surface area contributed by atoms with Crippen LogP contribution in [0, 0.1) is 6.92 Å². The molecule has 2 aromatic rings. The Balaban J connectivity index is 1.88. The van der Waals surface area contributed by atoms with Gasteiger partial charge in [-0.05, 0) is 36.2 Å². The normalized spacial score (nSPS) is 10.1. The van der Waals surface area contributed by atoms with E-state index >= 15 is 0 Å². The van der Waals surface area contributed by atoms with Gasteiger partial charge in [0.15, 0.2) is 6.79 Å². The van der Waals surface area contributed by atoms with E-state index in [9.17, 15) is 4.79 Å². The van der Waals surface area contributed by atoms with E-state index in [0.29, 0.717) is 11.4 Å². The monoisotopic (exact) mass is 301 g/mol. The van der Waals surface area contributed by atoms with Gasteiger partial charge in [0, 0.05) is 12.8 Å². The predicted octanol–water partition coefficient (Wildman–Crippen LogP) is 3.73. The lowest BCUT2D eigenvalue weighted by atomic mass is 10.2. The fraction of sp³-hybridized carbons (Fsp3) is 0.235. The third-order valence-electron chi connectivity index (χ3n) is 2.99. The van der Waals surface area contributed by atoms with Crippen LogP contribution < -0.4 is 10.1 Å². The highest BCUT2D eigenvalue weighted by Gasteiger charge is 2.07. The summed E-state index contributed by atoms with van der Waals surface area (Å²) in [5, 5.41) is 2.72. The Labute approximate surface area is 129 Å². The number of hydrogen-bond acceptors (Lipinski definition) is 4. The van der Waals surface area contributed by atoms with Crippen molar-refractivity contribution in [2.24, 2.45) is 0 Å². The minimum absolute atomic E-state index is 0.186. The van der Waals surface area contributed by atoms with Crippen LogP contribution in [0.25, 0.3) is 0 Å². The topological polar surface area (TPSA) is 56.8 Å². The lowest BCUT2D eigenvalue weighted by Crippen LogP contribution is -2.14. The van der Waals surface area contributed by atoms with Gasteiger partial charge in [-0.25, -0.2) is 4.79 Å². The molecule has 0 saturated carbocycles. The van der Waals surface area contributed by atoms with Crippen LogP contribution >= 0.6 is 0 Å². The second-order valence-corrected chi connectivity index (χ2v) is 4.71. The van der Waals surface area contributed by atoms with Gasteiger partial charge in [-0.2, -0.15) is 0 Å². The molecule has 0 aliphatic carbocycles. The highest BCUT2D eigenvalue weighted by atomic mass is 16.7. The molecule has 0 fully saturated rings. The Kier molecular flexibility index (Phi) is 5.80. The van der Waals surface area contributed by atoms with E-state index in [-0.39, 0.29) is 13.4 Å². The van der Waals surface area contributed by atoms with Gasteiger partial charge in [0.2, 0.25) is 0 Å². The highest BCUT2D eigenvalue weighted by Crippen LogP contribution is 2.21. The molecule has 116 valence electrons. The van der Waals surface area contributed by atoms with Crippen LogP contribution in [0.4, 0.5) is 10.5 Å². The van der Waals surface area contributed by atoms with Crippen molar-refractivity contribution in [2.75, 3.05) is 19.2 Å². The van der Waals surface area contributed by atoms with Crippen LogP contribution in [0.5, 0.6) is 5.75 Å². The maximum absolute atomic E-state index is 11.8. The number of rotatable bonds is 6. The van der Waals surface area contributed by atoms with Crippen molar-refractivity contribution in [3.8, 4) is 5.75 Å². The molecule has 0 saturated heterocycles. The van der Waals surface area contributed by atoms with Crippen LogP contribution in [0.1, 0.15) is 11.1 Å². The summed E-state index contributed by atoms with van der Waals surface area (Å²) in [6.07, 6.45) is -0.488. The summed E-state index contributed by atoms with van der Waals surface area (Å²) in [6.45, 7) is 2.30. The summed E-state index contributed by atoms with van der Waals surface area (Å²) in [5.74, 6) is 0.683. The number of carbonyl (C=O) groups is 1. The second kappa shape index (κ2) is 8.05. The third-order valence-corrected chi connectivity index (χ3v) is 2.99. The zero-order valence-corrected chi connectivity index (χ0v) is 12.7. The van der Waals surface area contributed by atoms with Gasteiger partial charge in [0.05, 0.1) is 0 Å².